The monoisotopic (exact) mass is 603 g/mol. The van der Waals surface area contributed by atoms with E-state index < -0.39 is 14.4 Å². The number of rotatable bonds is 14. The molecule has 0 fully saturated rings. The van der Waals surface area contributed by atoms with Crippen LogP contribution in [0, 0.1) is 0 Å². The van der Waals surface area contributed by atoms with Gasteiger partial charge in [-0.15, -0.1) is 0 Å². The van der Waals surface area contributed by atoms with Gasteiger partial charge in [-0.05, 0) is 65.9 Å². The second-order valence-corrected chi connectivity index (χ2v) is 17.1. The van der Waals surface area contributed by atoms with Crippen molar-refractivity contribution in [3.63, 3.8) is 0 Å². The first-order valence-corrected chi connectivity index (χ1v) is 17.9. The molecule has 1 N–H and O–H groups in total. The van der Waals surface area contributed by atoms with E-state index in [-0.39, 0.29) is 5.04 Å². The molecule has 2 aromatic carbocycles. The lowest BCUT2D eigenvalue weighted by Crippen LogP contribution is -2.41. The average Bonchev–Trinajstić information content (AvgIpc) is 3.00. The molecule has 0 aliphatic carbocycles. The van der Waals surface area contributed by atoms with E-state index in [0.717, 1.165) is 40.9 Å². The average molecular weight is 604 g/mol. The highest BCUT2D eigenvalue weighted by Crippen LogP contribution is 2.41. The Morgan fingerprint density at radius 1 is 1.00 bits per heavy atom. The van der Waals surface area contributed by atoms with Gasteiger partial charge in [-0.3, -0.25) is 0 Å². The highest BCUT2D eigenvalue weighted by atomic mass is 28.4. The van der Waals surface area contributed by atoms with Crippen molar-refractivity contribution in [2.24, 2.45) is 0 Å². The van der Waals surface area contributed by atoms with Gasteiger partial charge in [0.1, 0.15) is 24.2 Å². The maximum absolute atomic E-state index is 11.4. The Kier molecular flexibility index (Phi) is 12.2. The normalized spacial score (nSPS) is 13.5. The summed E-state index contributed by atoms with van der Waals surface area (Å²) in [4.78, 5) is 4.52. The Morgan fingerprint density at radius 2 is 1.67 bits per heavy atom. The van der Waals surface area contributed by atoms with Crippen molar-refractivity contribution in [1.82, 2.24) is 4.98 Å². The molecule has 1 aromatic heterocycles. The Hall–Kier alpha value is -3.39. The Balaban J connectivity index is 1.86. The summed E-state index contributed by atoms with van der Waals surface area (Å²) in [6.45, 7) is 16.7. The topological polar surface area (TPSA) is 70.0 Å². The van der Waals surface area contributed by atoms with Gasteiger partial charge in [0, 0.05) is 11.8 Å². The molecule has 0 bridgehead atoms. The minimum absolute atomic E-state index is 0.144. The molecule has 1 atom stereocenters. The van der Waals surface area contributed by atoms with Crippen molar-refractivity contribution in [3.05, 3.63) is 95.2 Å². The van der Waals surface area contributed by atoms with Gasteiger partial charge < -0.3 is 23.7 Å². The van der Waals surface area contributed by atoms with Crippen molar-refractivity contribution in [1.29, 1.82) is 0 Å². The molecule has 6 nitrogen and oxygen atoms in total. The van der Waals surface area contributed by atoms with Crippen molar-refractivity contribution in [3.8, 4) is 28.5 Å². The van der Waals surface area contributed by atoms with Crippen molar-refractivity contribution in [2.45, 2.75) is 78.3 Å². The molecule has 0 radical (unpaired) electrons. The van der Waals surface area contributed by atoms with Crippen molar-refractivity contribution in [2.75, 3.05) is 20.8 Å². The Labute approximate surface area is 259 Å². The number of allylic oxidation sites excluding steroid dienone is 2. The molecule has 0 aliphatic rings. The number of aromatic nitrogens is 1. The van der Waals surface area contributed by atoms with Gasteiger partial charge >= 0.3 is 0 Å². The first-order chi connectivity index (χ1) is 20.4. The fourth-order valence-corrected chi connectivity index (χ4v) is 5.40. The van der Waals surface area contributed by atoms with E-state index in [1.807, 2.05) is 60.7 Å². The maximum Gasteiger partial charge on any atom is 0.223 e. The standard InChI is InChI=1S/C36H49NO5Si/c1-10-14-29(25-42-43(8,9)36(3,4)5)26(2)17-22-32(38)33-34(39-6)31(23-37-35(33)40-7)28-18-20-30(21-19-28)41-24-27-15-12-11-13-16-27/h11-13,15-23,32,38H,10,14,24-25H2,1-9H3/b22-17+,29-26+. The summed E-state index contributed by atoms with van der Waals surface area (Å²) in [5.41, 5.74) is 5.56. The summed E-state index contributed by atoms with van der Waals surface area (Å²) in [5.74, 6) is 1.59. The Morgan fingerprint density at radius 3 is 2.26 bits per heavy atom. The predicted molar refractivity (Wildman–Crippen MR) is 178 cm³/mol. The van der Waals surface area contributed by atoms with Crippen LogP contribution in [0.5, 0.6) is 17.4 Å². The van der Waals surface area contributed by atoms with Gasteiger partial charge in [0.25, 0.3) is 0 Å². The van der Waals surface area contributed by atoms with Crippen LogP contribution in [0.3, 0.4) is 0 Å². The fraction of sp³-hybridized carbons (Fsp3) is 0.417. The number of pyridine rings is 1. The first kappa shape index (κ1) is 34.1. The van der Waals surface area contributed by atoms with Gasteiger partial charge in [0.15, 0.2) is 8.32 Å². The molecule has 0 saturated heterocycles. The molecule has 0 aliphatic heterocycles. The molecular formula is C36H49NO5Si. The van der Waals surface area contributed by atoms with Gasteiger partial charge in [-0.2, -0.15) is 0 Å². The zero-order chi connectivity index (χ0) is 31.6. The number of aliphatic hydroxyl groups excluding tert-OH is 1. The van der Waals surface area contributed by atoms with Crippen LogP contribution >= 0.6 is 0 Å². The summed E-state index contributed by atoms with van der Waals surface area (Å²) < 4.78 is 23.9. The fourth-order valence-electron chi connectivity index (χ4n) is 4.43. The van der Waals surface area contributed by atoms with Gasteiger partial charge in [0.05, 0.1) is 26.4 Å². The number of hydrogen-bond acceptors (Lipinski definition) is 6. The molecular weight excluding hydrogens is 554 g/mol. The first-order valence-electron chi connectivity index (χ1n) is 15.0. The third-order valence-corrected chi connectivity index (χ3v) is 12.7. The van der Waals surface area contributed by atoms with Crippen LogP contribution in [0.25, 0.3) is 11.1 Å². The number of nitrogens with zero attached hydrogens (tertiary/aromatic N) is 1. The lowest BCUT2D eigenvalue weighted by Gasteiger charge is -2.36. The minimum Gasteiger partial charge on any atom is -0.495 e. The van der Waals surface area contributed by atoms with Crippen LogP contribution in [0.15, 0.2) is 84.1 Å². The zero-order valence-corrected chi connectivity index (χ0v) is 28.4. The summed E-state index contributed by atoms with van der Waals surface area (Å²) in [7, 11) is 1.26. The molecule has 1 unspecified atom stereocenters. The molecule has 232 valence electrons. The van der Waals surface area contributed by atoms with Crippen LogP contribution in [0.4, 0.5) is 0 Å². The lowest BCUT2D eigenvalue weighted by atomic mass is 9.99. The molecule has 0 spiro atoms. The number of aliphatic hydroxyl groups is 1. The van der Waals surface area contributed by atoms with E-state index in [9.17, 15) is 5.11 Å². The molecule has 0 amide bonds. The summed E-state index contributed by atoms with van der Waals surface area (Å²) in [6.07, 6.45) is 6.41. The molecule has 7 heteroatoms. The Bertz CT molecular complexity index is 1380. The van der Waals surface area contributed by atoms with Crippen molar-refractivity contribution < 1.29 is 23.7 Å². The maximum atomic E-state index is 11.4. The number of hydrogen-bond donors (Lipinski definition) is 1. The SMILES string of the molecule is CCC/C(CO[Si](C)(C)C(C)(C)C)=C(C)\C=C\C(O)c1c(OC)ncc(-c2ccc(OCc3ccccc3)cc2)c1OC. The van der Waals surface area contributed by atoms with Gasteiger partial charge in [-0.1, -0.05) is 88.7 Å². The predicted octanol–water partition coefficient (Wildman–Crippen LogP) is 9.07. The van der Waals surface area contributed by atoms with Crippen LogP contribution < -0.4 is 14.2 Å². The van der Waals surface area contributed by atoms with E-state index in [4.69, 9.17) is 18.6 Å². The minimum atomic E-state index is -1.88. The number of methoxy groups -OCH3 is 2. The van der Waals surface area contributed by atoms with E-state index in [2.05, 4.69) is 52.7 Å². The molecule has 0 saturated carbocycles. The number of ether oxygens (including phenoxy) is 3. The highest BCUT2D eigenvalue weighted by Gasteiger charge is 2.37. The van der Waals surface area contributed by atoms with Crippen LogP contribution in [0.2, 0.25) is 18.1 Å². The lowest BCUT2D eigenvalue weighted by molar-refractivity contribution is 0.215. The van der Waals surface area contributed by atoms with Crippen molar-refractivity contribution >= 4 is 8.32 Å². The molecule has 1 heterocycles. The number of benzene rings is 2. The van der Waals surface area contributed by atoms with E-state index >= 15 is 0 Å². The third-order valence-electron chi connectivity index (χ3n) is 8.19. The van der Waals surface area contributed by atoms with Gasteiger partial charge in [-0.25, -0.2) is 4.98 Å². The molecule has 3 aromatic rings. The van der Waals surface area contributed by atoms with Crippen LogP contribution in [-0.2, 0) is 11.0 Å². The van der Waals surface area contributed by atoms with E-state index in [0.29, 0.717) is 30.4 Å². The second-order valence-electron chi connectivity index (χ2n) is 12.3. The van der Waals surface area contributed by atoms with E-state index in [1.165, 1.54) is 5.57 Å². The molecule has 3 rings (SSSR count). The quantitative estimate of drug-likeness (QED) is 0.146. The summed E-state index contributed by atoms with van der Waals surface area (Å²) >= 11 is 0. The largest absolute Gasteiger partial charge is 0.495 e. The third kappa shape index (κ3) is 9.05. The molecule has 43 heavy (non-hydrogen) atoms. The summed E-state index contributed by atoms with van der Waals surface area (Å²) in [5, 5.41) is 11.6. The van der Waals surface area contributed by atoms with Crippen LogP contribution in [0.1, 0.15) is 64.7 Å². The highest BCUT2D eigenvalue weighted by molar-refractivity contribution is 6.74. The second kappa shape index (κ2) is 15.4. The smallest absolute Gasteiger partial charge is 0.223 e. The van der Waals surface area contributed by atoms with Gasteiger partial charge in [0.2, 0.25) is 5.88 Å². The zero-order valence-electron chi connectivity index (χ0n) is 27.4. The summed E-state index contributed by atoms with van der Waals surface area (Å²) in [6, 6.07) is 17.8. The van der Waals surface area contributed by atoms with Crippen LogP contribution in [-0.4, -0.2) is 39.2 Å². The van der Waals surface area contributed by atoms with E-state index in [1.54, 1.807) is 26.5 Å².